The number of carboxylic acid groups (broad SMARTS) is 1. The monoisotopic (exact) mass is 463 g/mol. The highest BCUT2D eigenvalue weighted by atomic mass is 16.5. The number of aromatic nitrogens is 1. The lowest BCUT2D eigenvalue weighted by Gasteiger charge is -2.21. The number of allylic oxidation sites excluding steroid dienone is 1. The summed E-state index contributed by atoms with van der Waals surface area (Å²) in [5, 5.41) is 30.7. The van der Waals surface area contributed by atoms with Gasteiger partial charge >= 0.3 is 5.97 Å². The van der Waals surface area contributed by atoms with E-state index >= 15 is 0 Å². The van der Waals surface area contributed by atoms with Crippen LogP contribution in [0.5, 0.6) is 28.7 Å². The summed E-state index contributed by atoms with van der Waals surface area (Å²) in [4.78, 5) is 28.8. The third-order valence-electron chi connectivity index (χ3n) is 5.47. The van der Waals surface area contributed by atoms with Crippen molar-refractivity contribution >= 4 is 17.8 Å². The zero-order chi connectivity index (χ0) is 24.4. The second-order valence-electron chi connectivity index (χ2n) is 7.53. The number of Topliss-reactive ketones (excluding diaryl/α,β-unsaturated/α-hetero) is 1. The number of ether oxygens (including phenoxy) is 3. The normalized spacial score (nSPS) is 14.4. The number of aromatic hydroxyl groups is 2. The maximum absolute atomic E-state index is 13.0. The zero-order valence-electron chi connectivity index (χ0n) is 18.3. The lowest BCUT2D eigenvalue weighted by molar-refractivity contribution is -0.137. The quantitative estimate of drug-likeness (QED) is 0.448. The van der Waals surface area contributed by atoms with E-state index in [9.17, 15) is 24.9 Å². The van der Waals surface area contributed by atoms with Crippen LogP contribution in [-0.4, -0.2) is 46.3 Å². The van der Waals surface area contributed by atoms with Gasteiger partial charge in [0, 0.05) is 23.9 Å². The number of hydrogen-bond acceptors (Lipinski definition) is 8. The van der Waals surface area contributed by atoms with Crippen molar-refractivity contribution in [3.05, 3.63) is 76.8 Å². The van der Waals surface area contributed by atoms with Crippen molar-refractivity contribution in [3.63, 3.8) is 0 Å². The third-order valence-corrected chi connectivity index (χ3v) is 5.47. The average molecular weight is 463 g/mol. The van der Waals surface area contributed by atoms with Crippen LogP contribution in [0.4, 0.5) is 0 Å². The van der Waals surface area contributed by atoms with Crippen molar-refractivity contribution in [1.82, 2.24) is 4.98 Å². The number of carbonyl (C=O) groups is 2. The topological polar surface area (TPSA) is 135 Å². The van der Waals surface area contributed by atoms with Gasteiger partial charge in [-0.05, 0) is 47.5 Å². The summed E-state index contributed by atoms with van der Waals surface area (Å²) in [6, 6.07) is 9.12. The largest absolute Gasteiger partial charge is 0.508 e. The number of pyridine rings is 1. The minimum absolute atomic E-state index is 0.0183. The van der Waals surface area contributed by atoms with Gasteiger partial charge in [-0.25, -0.2) is 0 Å². The van der Waals surface area contributed by atoms with E-state index in [1.165, 1.54) is 44.6 Å². The van der Waals surface area contributed by atoms with Crippen LogP contribution in [-0.2, 0) is 4.79 Å². The number of nitrogens with zero attached hydrogens (tertiary/aromatic N) is 1. The zero-order valence-corrected chi connectivity index (χ0v) is 18.3. The van der Waals surface area contributed by atoms with Crippen molar-refractivity contribution < 1.29 is 39.1 Å². The standard InChI is InChI=1S/C25H21NO8/c1-32-18-9-14(10-19(33-2)24(18)31)16(11-21(28)29)22-17(27)6-5-15-23(30)20(34-25(15)22)8-13-4-3-7-26-12-13/h3-10,12,16,27,31H,11H2,1-2H3,(H,28,29). The average Bonchev–Trinajstić information content (AvgIpc) is 3.13. The van der Waals surface area contributed by atoms with Gasteiger partial charge in [-0.3, -0.25) is 14.6 Å². The van der Waals surface area contributed by atoms with E-state index in [1.807, 2.05) is 0 Å². The number of hydrogen-bond donors (Lipinski definition) is 3. The Bertz CT molecular complexity index is 1270. The maximum Gasteiger partial charge on any atom is 0.304 e. The van der Waals surface area contributed by atoms with Crippen molar-refractivity contribution in [1.29, 1.82) is 0 Å². The van der Waals surface area contributed by atoms with Crippen LogP contribution in [0.3, 0.4) is 0 Å². The smallest absolute Gasteiger partial charge is 0.304 e. The summed E-state index contributed by atoms with van der Waals surface area (Å²) in [6.45, 7) is 0. The predicted molar refractivity (Wildman–Crippen MR) is 121 cm³/mol. The van der Waals surface area contributed by atoms with E-state index in [4.69, 9.17) is 14.2 Å². The number of benzene rings is 2. The molecule has 2 heterocycles. The van der Waals surface area contributed by atoms with Gasteiger partial charge in [-0.1, -0.05) is 6.07 Å². The molecule has 0 fully saturated rings. The van der Waals surface area contributed by atoms with E-state index < -0.39 is 24.1 Å². The first kappa shape index (κ1) is 22.7. The first-order valence-electron chi connectivity index (χ1n) is 10.2. The molecule has 3 N–H and O–H groups in total. The van der Waals surface area contributed by atoms with Crippen LogP contribution >= 0.6 is 0 Å². The molecular formula is C25H21NO8. The third kappa shape index (κ3) is 4.11. The van der Waals surface area contributed by atoms with E-state index in [-0.39, 0.29) is 45.6 Å². The Morgan fingerprint density at radius 1 is 1.15 bits per heavy atom. The van der Waals surface area contributed by atoms with Crippen LogP contribution in [0, 0.1) is 0 Å². The molecule has 0 aliphatic carbocycles. The number of methoxy groups -OCH3 is 2. The molecule has 174 valence electrons. The first-order chi connectivity index (χ1) is 16.3. The van der Waals surface area contributed by atoms with Crippen LogP contribution in [0.1, 0.15) is 39.4 Å². The molecule has 0 saturated carbocycles. The maximum atomic E-state index is 13.0. The van der Waals surface area contributed by atoms with Crippen molar-refractivity contribution in [2.75, 3.05) is 14.2 Å². The Labute approximate surface area is 194 Å². The second kappa shape index (κ2) is 9.14. The van der Waals surface area contributed by atoms with Crippen LogP contribution in [0.15, 0.2) is 54.6 Å². The summed E-state index contributed by atoms with van der Waals surface area (Å²) in [6.07, 6.45) is 4.24. The number of phenols is 2. The number of rotatable bonds is 7. The van der Waals surface area contributed by atoms with Gasteiger partial charge in [0.2, 0.25) is 11.5 Å². The Balaban J connectivity index is 1.88. The predicted octanol–water partition coefficient (Wildman–Crippen LogP) is 3.73. The molecule has 1 atom stereocenters. The molecule has 1 aromatic heterocycles. The number of ketones is 1. The minimum Gasteiger partial charge on any atom is -0.508 e. The van der Waals surface area contributed by atoms with Gasteiger partial charge in [0.05, 0.1) is 26.2 Å². The van der Waals surface area contributed by atoms with Crippen LogP contribution in [0.25, 0.3) is 6.08 Å². The first-order valence-corrected chi connectivity index (χ1v) is 10.2. The van der Waals surface area contributed by atoms with Gasteiger partial charge < -0.3 is 29.5 Å². The van der Waals surface area contributed by atoms with Gasteiger partial charge in [0.1, 0.15) is 11.5 Å². The van der Waals surface area contributed by atoms with E-state index in [1.54, 1.807) is 24.5 Å². The van der Waals surface area contributed by atoms with Gasteiger partial charge in [0.15, 0.2) is 17.3 Å². The molecule has 9 heteroatoms. The number of phenolic OH excluding ortho intramolecular Hbond substituents is 2. The molecular weight excluding hydrogens is 442 g/mol. The molecule has 1 aliphatic heterocycles. The highest BCUT2D eigenvalue weighted by molar-refractivity contribution is 6.15. The Morgan fingerprint density at radius 3 is 2.44 bits per heavy atom. The SMILES string of the molecule is COc1cc(C(CC(=O)O)c2c(O)ccc3c2OC(=Cc2cccnc2)C3=O)cc(OC)c1O. The summed E-state index contributed by atoms with van der Waals surface area (Å²) < 4.78 is 16.3. The van der Waals surface area contributed by atoms with E-state index in [0.29, 0.717) is 11.1 Å². The number of carbonyl (C=O) groups excluding carboxylic acids is 1. The van der Waals surface area contributed by atoms with Crippen molar-refractivity contribution in [2.45, 2.75) is 12.3 Å². The molecule has 1 aliphatic rings. The molecule has 0 saturated heterocycles. The summed E-state index contributed by atoms with van der Waals surface area (Å²) in [5.74, 6) is -2.80. The molecule has 0 spiro atoms. The lowest BCUT2D eigenvalue weighted by Crippen LogP contribution is -2.10. The van der Waals surface area contributed by atoms with Gasteiger partial charge in [0.25, 0.3) is 0 Å². The fourth-order valence-electron chi connectivity index (χ4n) is 3.89. The summed E-state index contributed by atoms with van der Waals surface area (Å²) in [7, 11) is 2.69. The molecule has 34 heavy (non-hydrogen) atoms. The highest BCUT2D eigenvalue weighted by Crippen LogP contribution is 2.48. The summed E-state index contributed by atoms with van der Waals surface area (Å²) in [5.41, 5.74) is 1.33. The Morgan fingerprint density at radius 2 is 1.85 bits per heavy atom. The van der Waals surface area contributed by atoms with Crippen molar-refractivity contribution in [2.24, 2.45) is 0 Å². The minimum atomic E-state index is -1.15. The Hall–Kier alpha value is -4.53. The molecule has 3 aromatic rings. The second-order valence-corrected chi connectivity index (χ2v) is 7.53. The fraction of sp³-hybridized carbons (Fsp3) is 0.160. The molecule has 1 unspecified atom stereocenters. The molecule has 4 rings (SSSR count). The van der Waals surface area contributed by atoms with E-state index in [0.717, 1.165) is 0 Å². The summed E-state index contributed by atoms with van der Waals surface area (Å²) >= 11 is 0. The Kier molecular flexibility index (Phi) is 6.09. The molecule has 0 bridgehead atoms. The molecule has 9 nitrogen and oxygen atoms in total. The fourth-order valence-corrected chi connectivity index (χ4v) is 3.89. The molecule has 0 radical (unpaired) electrons. The number of fused-ring (bicyclic) bond motifs is 1. The highest BCUT2D eigenvalue weighted by Gasteiger charge is 2.35. The van der Waals surface area contributed by atoms with Crippen molar-refractivity contribution in [3.8, 4) is 28.7 Å². The molecule has 2 aromatic carbocycles. The number of carboxylic acids is 1. The van der Waals surface area contributed by atoms with Gasteiger partial charge in [-0.15, -0.1) is 0 Å². The van der Waals surface area contributed by atoms with Crippen LogP contribution in [0.2, 0.25) is 0 Å². The van der Waals surface area contributed by atoms with Gasteiger partial charge in [-0.2, -0.15) is 0 Å². The van der Waals surface area contributed by atoms with E-state index in [2.05, 4.69) is 4.98 Å². The number of aliphatic carboxylic acids is 1. The van der Waals surface area contributed by atoms with Crippen LogP contribution < -0.4 is 14.2 Å². The lowest BCUT2D eigenvalue weighted by atomic mass is 9.85. The molecule has 0 amide bonds.